The summed E-state index contributed by atoms with van der Waals surface area (Å²) in [5.41, 5.74) is 0.774. The van der Waals surface area contributed by atoms with E-state index in [1.807, 2.05) is 0 Å². The topological polar surface area (TPSA) is 93.1 Å². The van der Waals surface area contributed by atoms with Gasteiger partial charge >= 0.3 is 11.9 Å². The number of aliphatic hydroxyl groups is 2. The zero-order valence-corrected chi connectivity index (χ0v) is 19.0. The predicted molar refractivity (Wildman–Crippen MR) is 119 cm³/mol. The monoisotopic (exact) mass is 436 g/mol. The fourth-order valence-electron chi connectivity index (χ4n) is 4.92. The van der Waals surface area contributed by atoms with Crippen molar-refractivity contribution in [2.45, 2.75) is 77.2 Å². The minimum absolute atomic E-state index is 0.0475. The van der Waals surface area contributed by atoms with E-state index >= 15 is 0 Å². The first-order valence-electron chi connectivity index (χ1n) is 11.8. The lowest BCUT2D eigenvalue weighted by Gasteiger charge is -2.37. The molecule has 0 bridgehead atoms. The Morgan fingerprint density at radius 1 is 0.903 bits per heavy atom. The fraction of sp³-hybridized carbons (Fsp3) is 0.760. The molecule has 2 aliphatic carbocycles. The van der Waals surface area contributed by atoms with Crippen molar-refractivity contribution in [3.8, 4) is 0 Å². The first-order valence-corrected chi connectivity index (χ1v) is 11.8. The minimum Gasteiger partial charge on any atom is -0.462 e. The molecule has 6 nitrogen and oxygen atoms in total. The van der Waals surface area contributed by atoms with E-state index in [-0.39, 0.29) is 37.6 Å². The predicted octanol–water partition coefficient (Wildman–Crippen LogP) is 3.95. The lowest BCUT2D eigenvalue weighted by Crippen LogP contribution is -2.30. The van der Waals surface area contributed by atoms with Gasteiger partial charge in [-0.05, 0) is 76.0 Å². The van der Waals surface area contributed by atoms with Gasteiger partial charge in [-0.25, -0.2) is 9.59 Å². The van der Waals surface area contributed by atoms with Crippen LogP contribution in [-0.2, 0) is 19.1 Å². The summed E-state index contributed by atoms with van der Waals surface area (Å²) in [6.45, 7) is 9.11. The van der Waals surface area contributed by atoms with Crippen LogP contribution in [0.15, 0.2) is 24.3 Å². The van der Waals surface area contributed by atoms with E-state index < -0.39 is 5.97 Å². The Hall–Kier alpha value is -1.66. The molecule has 0 unspecified atom stereocenters. The summed E-state index contributed by atoms with van der Waals surface area (Å²) in [4.78, 5) is 23.7. The quantitative estimate of drug-likeness (QED) is 0.376. The maximum atomic E-state index is 12.0. The molecule has 0 saturated heterocycles. The van der Waals surface area contributed by atoms with E-state index in [1.165, 1.54) is 25.7 Å². The Morgan fingerprint density at radius 2 is 1.45 bits per heavy atom. The van der Waals surface area contributed by atoms with Crippen molar-refractivity contribution < 1.29 is 29.3 Å². The van der Waals surface area contributed by atoms with Crippen molar-refractivity contribution >= 4 is 11.9 Å². The summed E-state index contributed by atoms with van der Waals surface area (Å²) < 4.78 is 10.9. The maximum absolute atomic E-state index is 12.0. The van der Waals surface area contributed by atoms with Crippen molar-refractivity contribution in [3.63, 3.8) is 0 Å². The summed E-state index contributed by atoms with van der Waals surface area (Å²) in [6, 6.07) is 0. The molecule has 0 radical (unpaired) electrons. The van der Waals surface area contributed by atoms with E-state index in [4.69, 9.17) is 19.7 Å². The zero-order valence-electron chi connectivity index (χ0n) is 19.0. The van der Waals surface area contributed by atoms with Crippen LogP contribution in [0.2, 0.25) is 0 Å². The van der Waals surface area contributed by atoms with Crippen LogP contribution in [0.5, 0.6) is 0 Å². The van der Waals surface area contributed by atoms with Crippen LogP contribution >= 0.6 is 0 Å². The Morgan fingerprint density at radius 3 is 1.97 bits per heavy atom. The average molecular weight is 437 g/mol. The van der Waals surface area contributed by atoms with Gasteiger partial charge in [-0.15, -0.1) is 0 Å². The summed E-state index contributed by atoms with van der Waals surface area (Å²) in [7, 11) is 0. The number of aliphatic hydroxyl groups excluding tert-OH is 2. The first-order chi connectivity index (χ1) is 14.8. The van der Waals surface area contributed by atoms with Gasteiger partial charge in [0, 0.05) is 30.3 Å². The smallest absolute Gasteiger partial charge is 0.333 e. The molecule has 176 valence electrons. The van der Waals surface area contributed by atoms with Gasteiger partial charge in [-0.2, -0.15) is 0 Å². The highest BCUT2D eigenvalue weighted by Crippen LogP contribution is 2.41. The second kappa shape index (κ2) is 13.0. The molecule has 0 amide bonds. The van der Waals surface area contributed by atoms with Gasteiger partial charge in [0.2, 0.25) is 0 Å². The van der Waals surface area contributed by atoms with Gasteiger partial charge in [0.25, 0.3) is 0 Å². The third-order valence-electron chi connectivity index (χ3n) is 7.00. The van der Waals surface area contributed by atoms with E-state index in [1.54, 1.807) is 6.92 Å². The summed E-state index contributed by atoms with van der Waals surface area (Å²) in [6.07, 6.45) is 10.1. The molecule has 0 aromatic heterocycles. The van der Waals surface area contributed by atoms with Gasteiger partial charge in [-0.1, -0.05) is 26.0 Å². The van der Waals surface area contributed by atoms with Crippen molar-refractivity contribution in [2.75, 3.05) is 19.8 Å². The summed E-state index contributed by atoms with van der Waals surface area (Å²) in [5, 5.41) is 18.2. The van der Waals surface area contributed by atoms with Crippen LogP contribution in [0.1, 0.15) is 71.1 Å². The number of esters is 2. The van der Waals surface area contributed by atoms with Crippen LogP contribution in [0.4, 0.5) is 0 Å². The van der Waals surface area contributed by atoms with Crippen LogP contribution in [-0.4, -0.2) is 48.1 Å². The largest absolute Gasteiger partial charge is 0.462 e. The highest BCUT2D eigenvalue weighted by Gasteiger charge is 2.32. The van der Waals surface area contributed by atoms with Crippen molar-refractivity contribution in [1.82, 2.24) is 0 Å². The molecule has 0 aliphatic heterocycles. The van der Waals surface area contributed by atoms with E-state index in [2.05, 4.69) is 13.2 Å². The zero-order chi connectivity index (χ0) is 22.8. The lowest BCUT2D eigenvalue weighted by atomic mass is 9.70. The standard InChI is InChI=1S/C25H40O6/c1-17(2)24(28)31-23-10-8-22(9-11-23)21-6-4-19(5-7-21)12-13-30-25(29)18(3)14-20(15-26)16-27/h19-23,26-27H,1,3-16H2,2H3. The SMILES string of the molecule is C=C(C)C(=O)OC1CCC(C2CCC(CCOC(=O)C(=C)CC(CO)CO)CC2)CC1. The van der Waals surface area contributed by atoms with Gasteiger partial charge in [0.1, 0.15) is 6.10 Å². The number of ether oxygens (including phenoxy) is 2. The minimum atomic E-state index is -0.426. The molecule has 0 spiro atoms. The Kier molecular flexibility index (Phi) is 10.7. The van der Waals surface area contributed by atoms with E-state index in [0.717, 1.165) is 43.9 Å². The molecule has 6 heteroatoms. The molecule has 2 N–H and O–H groups in total. The highest BCUT2D eigenvalue weighted by molar-refractivity contribution is 5.87. The number of carbonyl (C=O) groups excluding carboxylic acids is 2. The van der Waals surface area contributed by atoms with E-state index in [9.17, 15) is 9.59 Å². The van der Waals surface area contributed by atoms with Crippen LogP contribution in [0.25, 0.3) is 0 Å². The molecule has 2 aliphatic rings. The third-order valence-corrected chi connectivity index (χ3v) is 7.00. The van der Waals surface area contributed by atoms with Crippen molar-refractivity contribution in [1.29, 1.82) is 0 Å². The lowest BCUT2D eigenvalue weighted by molar-refractivity contribution is -0.146. The normalized spacial score (nSPS) is 26.3. The molecule has 0 atom stereocenters. The molecule has 0 heterocycles. The Bertz CT molecular complexity index is 608. The fourth-order valence-corrected chi connectivity index (χ4v) is 4.92. The molecule has 31 heavy (non-hydrogen) atoms. The Balaban J connectivity index is 1.60. The number of carbonyl (C=O) groups is 2. The van der Waals surface area contributed by atoms with Gasteiger partial charge < -0.3 is 19.7 Å². The molecular weight excluding hydrogens is 396 g/mol. The third kappa shape index (κ3) is 8.41. The van der Waals surface area contributed by atoms with Gasteiger partial charge in [0.05, 0.1) is 6.61 Å². The second-order valence-corrected chi connectivity index (χ2v) is 9.47. The van der Waals surface area contributed by atoms with Crippen LogP contribution in [0.3, 0.4) is 0 Å². The number of rotatable bonds is 11. The second-order valence-electron chi connectivity index (χ2n) is 9.47. The van der Waals surface area contributed by atoms with Crippen molar-refractivity contribution in [2.24, 2.45) is 23.7 Å². The molecule has 2 saturated carbocycles. The molecule has 0 aromatic carbocycles. The molecular formula is C25H40O6. The summed E-state index contributed by atoms with van der Waals surface area (Å²) >= 11 is 0. The van der Waals surface area contributed by atoms with Gasteiger partial charge in [0.15, 0.2) is 0 Å². The highest BCUT2D eigenvalue weighted by atomic mass is 16.5. The number of hydrogen-bond acceptors (Lipinski definition) is 6. The molecule has 2 rings (SSSR count). The molecule has 2 fully saturated rings. The maximum Gasteiger partial charge on any atom is 0.333 e. The van der Waals surface area contributed by atoms with Gasteiger partial charge in [-0.3, -0.25) is 0 Å². The van der Waals surface area contributed by atoms with Crippen molar-refractivity contribution in [3.05, 3.63) is 24.3 Å². The Labute approximate surface area is 186 Å². The van der Waals surface area contributed by atoms with E-state index in [0.29, 0.717) is 23.7 Å². The average Bonchev–Trinajstić information content (AvgIpc) is 2.78. The van der Waals surface area contributed by atoms with Crippen LogP contribution < -0.4 is 0 Å². The van der Waals surface area contributed by atoms with Crippen LogP contribution in [0, 0.1) is 23.7 Å². The first kappa shape index (κ1) is 25.6. The number of hydrogen-bond donors (Lipinski definition) is 2. The molecule has 0 aromatic rings. The summed E-state index contributed by atoms with van der Waals surface area (Å²) in [5.74, 6) is 1.02.